The Labute approximate surface area is 62.8 Å². The van der Waals surface area contributed by atoms with E-state index in [1.807, 2.05) is 0 Å². The van der Waals surface area contributed by atoms with Gasteiger partial charge in [0.05, 0.1) is 0 Å². The largest absolute Gasteiger partial charge is 0.407 e. The lowest BCUT2D eigenvalue weighted by Crippen LogP contribution is -1.81. The van der Waals surface area contributed by atoms with Gasteiger partial charge in [0.15, 0.2) is 0 Å². The molecule has 9 heavy (non-hydrogen) atoms. The standard InChI is InChI=1S/C3H4ClN3O.ClH/c4-1-2-6-7-3(5)8-2;/h1H2,(H2,5,7);1H. The molecule has 52 valence electrons. The first-order valence-electron chi connectivity index (χ1n) is 1.96. The van der Waals surface area contributed by atoms with E-state index in [0.29, 0.717) is 5.89 Å². The molecule has 0 bridgehead atoms. The second kappa shape index (κ2) is 3.53. The van der Waals surface area contributed by atoms with Gasteiger partial charge >= 0.3 is 6.01 Å². The minimum Gasteiger partial charge on any atom is -0.407 e. The number of hydrogen-bond acceptors (Lipinski definition) is 4. The van der Waals surface area contributed by atoms with Crippen molar-refractivity contribution in [1.29, 1.82) is 0 Å². The zero-order valence-electron chi connectivity index (χ0n) is 4.37. The van der Waals surface area contributed by atoms with Crippen molar-refractivity contribution in [2.24, 2.45) is 0 Å². The minimum absolute atomic E-state index is 0. The summed E-state index contributed by atoms with van der Waals surface area (Å²) in [6.07, 6.45) is 0. The van der Waals surface area contributed by atoms with E-state index in [9.17, 15) is 0 Å². The van der Waals surface area contributed by atoms with E-state index in [4.69, 9.17) is 17.3 Å². The molecule has 0 aliphatic rings. The van der Waals surface area contributed by atoms with Crippen molar-refractivity contribution in [3.63, 3.8) is 0 Å². The molecule has 0 fully saturated rings. The van der Waals surface area contributed by atoms with Crippen molar-refractivity contribution in [2.75, 3.05) is 5.73 Å². The van der Waals surface area contributed by atoms with Gasteiger partial charge in [-0.05, 0) is 0 Å². The number of hydrogen-bond donors (Lipinski definition) is 1. The first-order chi connectivity index (χ1) is 3.83. The fraction of sp³-hybridized carbons (Fsp3) is 0.333. The van der Waals surface area contributed by atoms with Crippen LogP contribution in [0, 0.1) is 0 Å². The van der Waals surface area contributed by atoms with Crippen LogP contribution in [0.1, 0.15) is 5.89 Å². The summed E-state index contributed by atoms with van der Waals surface area (Å²) in [7, 11) is 0. The number of nitrogens with two attached hydrogens (primary N) is 1. The number of alkyl halides is 1. The van der Waals surface area contributed by atoms with Crippen LogP contribution >= 0.6 is 24.0 Å². The fourth-order valence-corrected chi connectivity index (χ4v) is 0.429. The third kappa shape index (κ3) is 2.07. The number of nitrogen functional groups attached to an aromatic ring is 1. The number of nitrogens with zero attached hydrogens (tertiary/aromatic N) is 2. The Kier molecular flexibility index (Phi) is 3.34. The Morgan fingerprint density at radius 2 is 2.22 bits per heavy atom. The van der Waals surface area contributed by atoms with Crippen molar-refractivity contribution in [1.82, 2.24) is 10.2 Å². The molecule has 0 aliphatic heterocycles. The second-order valence-corrected chi connectivity index (χ2v) is 1.43. The van der Waals surface area contributed by atoms with Gasteiger partial charge in [-0.1, -0.05) is 5.10 Å². The average molecular weight is 170 g/mol. The number of rotatable bonds is 1. The Balaban J connectivity index is 0.000000640. The van der Waals surface area contributed by atoms with Gasteiger partial charge in [0.1, 0.15) is 5.88 Å². The molecule has 1 aromatic heterocycles. The van der Waals surface area contributed by atoms with Gasteiger partial charge in [0.25, 0.3) is 0 Å². The summed E-state index contributed by atoms with van der Waals surface area (Å²) in [5.41, 5.74) is 5.06. The van der Waals surface area contributed by atoms with Crippen molar-refractivity contribution in [3.05, 3.63) is 5.89 Å². The molecule has 0 saturated heterocycles. The third-order valence-electron chi connectivity index (χ3n) is 0.597. The molecule has 1 aromatic rings. The van der Waals surface area contributed by atoms with Crippen LogP contribution in [0.3, 0.4) is 0 Å². The van der Waals surface area contributed by atoms with Crippen molar-refractivity contribution >= 4 is 30.0 Å². The van der Waals surface area contributed by atoms with E-state index in [-0.39, 0.29) is 24.3 Å². The van der Waals surface area contributed by atoms with E-state index in [1.54, 1.807) is 0 Å². The number of aromatic nitrogens is 2. The molecule has 0 unspecified atom stereocenters. The molecule has 1 rings (SSSR count). The summed E-state index contributed by atoms with van der Waals surface area (Å²) in [5, 5.41) is 6.82. The van der Waals surface area contributed by atoms with Crippen LogP contribution in [0.5, 0.6) is 0 Å². The SMILES string of the molecule is Cl.Nc1nnc(CCl)o1. The highest BCUT2D eigenvalue weighted by Crippen LogP contribution is 2.01. The predicted molar refractivity (Wildman–Crippen MR) is 35.5 cm³/mol. The van der Waals surface area contributed by atoms with Gasteiger partial charge in [0.2, 0.25) is 5.89 Å². The van der Waals surface area contributed by atoms with Gasteiger partial charge in [-0.15, -0.1) is 29.1 Å². The highest BCUT2D eigenvalue weighted by Gasteiger charge is 1.97. The quantitative estimate of drug-likeness (QED) is 0.633. The predicted octanol–water partition coefficient (Wildman–Crippen LogP) is 0.812. The Morgan fingerprint density at radius 1 is 1.56 bits per heavy atom. The van der Waals surface area contributed by atoms with E-state index < -0.39 is 0 Å². The van der Waals surface area contributed by atoms with Crippen LogP contribution in [0.4, 0.5) is 6.01 Å². The van der Waals surface area contributed by atoms with Crippen molar-refractivity contribution in [2.45, 2.75) is 5.88 Å². The molecule has 1 heterocycles. The molecule has 0 amide bonds. The van der Waals surface area contributed by atoms with E-state index in [1.165, 1.54) is 0 Å². The van der Waals surface area contributed by atoms with Crippen molar-refractivity contribution in [3.8, 4) is 0 Å². The third-order valence-corrected chi connectivity index (χ3v) is 0.825. The van der Waals surface area contributed by atoms with Gasteiger partial charge < -0.3 is 10.2 Å². The summed E-state index contributed by atoms with van der Waals surface area (Å²) >= 11 is 5.29. The Morgan fingerprint density at radius 3 is 2.44 bits per heavy atom. The topological polar surface area (TPSA) is 64.9 Å². The molecule has 0 saturated carbocycles. The molecule has 2 N–H and O–H groups in total. The second-order valence-electron chi connectivity index (χ2n) is 1.17. The van der Waals surface area contributed by atoms with Crippen LogP contribution in [0.25, 0.3) is 0 Å². The fourth-order valence-electron chi connectivity index (χ4n) is 0.321. The molecule has 6 heteroatoms. The van der Waals surface area contributed by atoms with E-state index in [2.05, 4.69) is 14.6 Å². The molecule has 0 atom stereocenters. The smallest absolute Gasteiger partial charge is 0.312 e. The number of anilines is 1. The highest BCUT2D eigenvalue weighted by molar-refractivity contribution is 6.16. The van der Waals surface area contributed by atoms with Crippen LogP contribution in [0.2, 0.25) is 0 Å². The maximum atomic E-state index is 5.29. The molecule has 0 spiro atoms. The maximum absolute atomic E-state index is 5.29. The maximum Gasteiger partial charge on any atom is 0.312 e. The summed E-state index contributed by atoms with van der Waals surface area (Å²) in [6, 6.07) is 0.0562. The molecular formula is C3H5Cl2N3O. The van der Waals surface area contributed by atoms with Crippen LogP contribution in [0.15, 0.2) is 4.42 Å². The molecule has 0 radical (unpaired) electrons. The van der Waals surface area contributed by atoms with Gasteiger partial charge in [-0.3, -0.25) is 0 Å². The molecule has 0 aliphatic carbocycles. The lowest BCUT2D eigenvalue weighted by atomic mass is 10.8. The molecular weight excluding hydrogens is 165 g/mol. The first-order valence-corrected chi connectivity index (χ1v) is 2.50. The molecule has 0 aromatic carbocycles. The normalized spacial score (nSPS) is 8.56. The number of halogens is 2. The summed E-state index contributed by atoms with van der Waals surface area (Å²) in [6.45, 7) is 0. The monoisotopic (exact) mass is 169 g/mol. The Bertz CT molecular complexity index is 177. The summed E-state index contributed by atoms with van der Waals surface area (Å²) in [5.74, 6) is 0.564. The van der Waals surface area contributed by atoms with Crippen LogP contribution in [-0.2, 0) is 5.88 Å². The van der Waals surface area contributed by atoms with E-state index >= 15 is 0 Å². The average Bonchev–Trinajstić information content (AvgIpc) is 2.14. The van der Waals surface area contributed by atoms with Gasteiger partial charge in [-0.2, -0.15) is 0 Å². The van der Waals surface area contributed by atoms with Gasteiger partial charge in [0, 0.05) is 0 Å². The lowest BCUT2D eigenvalue weighted by Gasteiger charge is -1.76. The summed E-state index contributed by atoms with van der Waals surface area (Å²) < 4.78 is 4.66. The van der Waals surface area contributed by atoms with Crippen molar-refractivity contribution < 1.29 is 4.42 Å². The highest BCUT2D eigenvalue weighted by atomic mass is 35.5. The Hall–Kier alpha value is -0.480. The zero-order chi connectivity index (χ0) is 5.98. The summed E-state index contributed by atoms with van der Waals surface area (Å²) in [4.78, 5) is 0. The first kappa shape index (κ1) is 8.52. The zero-order valence-corrected chi connectivity index (χ0v) is 5.95. The van der Waals surface area contributed by atoms with Gasteiger partial charge in [-0.25, -0.2) is 0 Å². The minimum atomic E-state index is 0. The van der Waals surface area contributed by atoms with E-state index in [0.717, 1.165) is 0 Å². The van der Waals surface area contributed by atoms with Crippen LogP contribution < -0.4 is 5.73 Å². The molecule has 4 nitrogen and oxygen atoms in total. The lowest BCUT2D eigenvalue weighted by molar-refractivity contribution is 0.532. The van der Waals surface area contributed by atoms with Crippen LogP contribution in [-0.4, -0.2) is 10.2 Å².